The molecule has 1 aromatic heterocycles. The predicted octanol–water partition coefficient (Wildman–Crippen LogP) is 2.20. The number of piperidine rings is 1. The number of carbonyl (C=O) groups is 2. The first-order chi connectivity index (χ1) is 16.7. The third kappa shape index (κ3) is 9.05. The van der Waals surface area contributed by atoms with Crippen molar-refractivity contribution in [3.63, 3.8) is 0 Å². The number of alkyl halides is 6. The van der Waals surface area contributed by atoms with Crippen LogP contribution in [0.3, 0.4) is 0 Å². The van der Waals surface area contributed by atoms with Crippen LogP contribution in [0.25, 0.3) is 0 Å². The number of hydrogen-bond donors (Lipinski definition) is 2. The Morgan fingerprint density at radius 1 is 0.917 bits per heavy atom. The van der Waals surface area contributed by atoms with Crippen LogP contribution in [-0.2, 0) is 19.1 Å². The molecule has 0 saturated carbocycles. The first kappa shape index (κ1) is 29.5. The van der Waals surface area contributed by atoms with Crippen LogP contribution in [0.4, 0.5) is 32.3 Å². The largest absolute Gasteiger partial charge is 0.490 e. The Labute approximate surface area is 201 Å². The average Bonchev–Trinajstić information content (AvgIpc) is 3.24. The van der Waals surface area contributed by atoms with Crippen molar-refractivity contribution in [1.29, 1.82) is 0 Å². The Morgan fingerprint density at radius 2 is 1.39 bits per heavy atom. The number of aliphatic carboxylic acids is 2. The van der Waals surface area contributed by atoms with Gasteiger partial charge in [0, 0.05) is 44.6 Å². The van der Waals surface area contributed by atoms with E-state index in [-0.39, 0.29) is 5.60 Å². The van der Waals surface area contributed by atoms with E-state index in [1.165, 1.54) is 0 Å². The number of hydrogen-bond acceptors (Lipinski definition) is 8. The summed E-state index contributed by atoms with van der Waals surface area (Å²) in [5.41, 5.74) is 0.0776. The second kappa shape index (κ2) is 12.5. The summed E-state index contributed by atoms with van der Waals surface area (Å²) in [6.45, 7) is 6.68. The van der Waals surface area contributed by atoms with Crippen LogP contribution in [-0.4, -0.2) is 107 Å². The number of carboxylic acid groups (broad SMARTS) is 2. The molecule has 36 heavy (non-hydrogen) atoms. The molecule has 3 saturated heterocycles. The van der Waals surface area contributed by atoms with Crippen LogP contribution in [0, 0.1) is 0 Å². The molecule has 3 aliphatic heterocycles. The summed E-state index contributed by atoms with van der Waals surface area (Å²) < 4.78 is 75.2. The minimum atomic E-state index is -5.08. The predicted molar refractivity (Wildman–Crippen MR) is 110 cm³/mol. The van der Waals surface area contributed by atoms with Crippen molar-refractivity contribution >= 4 is 17.9 Å². The van der Waals surface area contributed by atoms with Crippen molar-refractivity contribution in [2.75, 3.05) is 50.9 Å². The van der Waals surface area contributed by atoms with E-state index >= 15 is 0 Å². The summed E-state index contributed by atoms with van der Waals surface area (Å²) in [7, 11) is 0. The van der Waals surface area contributed by atoms with Crippen LogP contribution in [0.1, 0.15) is 19.3 Å². The summed E-state index contributed by atoms with van der Waals surface area (Å²) in [6, 6.07) is 2.44. The van der Waals surface area contributed by atoms with E-state index in [9.17, 15) is 26.3 Å². The Kier molecular flexibility index (Phi) is 10.2. The molecule has 1 atom stereocenters. The van der Waals surface area contributed by atoms with E-state index in [2.05, 4.69) is 19.8 Å². The van der Waals surface area contributed by atoms with E-state index in [4.69, 9.17) is 29.3 Å². The maximum atomic E-state index is 10.6. The smallest absolute Gasteiger partial charge is 0.475 e. The molecule has 204 valence electrons. The van der Waals surface area contributed by atoms with Crippen molar-refractivity contribution in [1.82, 2.24) is 14.9 Å². The fourth-order valence-electron chi connectivity index (χ4n) is 3.91. The fraction of sp³-hybridized carbons (Fsp3) is 0.700. The van der Waals surface area contributed by atoms with Crippen molar-refractivity contribution in [3.05, 3.63) is 18.5 Å². The highest BCUT2D eigenvalue weighted by atomic mass is 19.4. The lowest BCUT2D eigenvalue weighted by molar-refractivity contribution is -0.193. The molecule has 0 aliphatic carbocycles. The molecule has 1 aromatic rings. The maximum absolute atomic E-state index is 10.6. The van der Waals surface area contributed by atoms with E-state index in [0.29, 0.717) is 6.04 Å². The minimum absolute atomic E-state index is 0.0776. The van der Waals surface area contributed by atoms with Gasteiger partial charge in [-0.25, -0.2) is 19.6 Å². The molecule has 0 aromatic carbocycles. The molecular weight excluding hydrogens is 506 g/mol. The Hall–Kier alpha value is -2.72. The second-order valence-electron chi connectivity index (χ2n) is 8.14. The number of aromatic nitrogens is 2. The monoisotopic (exact) mass is 532 g/mol. The lowest BCUT2D eigenvalue weighted by Gasteiger charge is -2.39. The first-order valence-corrected chi connectivity index (χ1v) is 10.8. The van der Waals surface area contributed by atoms with Crippen molar-refractivity contribution in [3.8, 4) is 0 Å². The second-order valence-corrected chi connectivity index (χ2v) is 8.14. The topological polar surface area (TPSA) is 125 Å². The van der Waals surface area contributed by atoms with Crippen molar-refractivity contribution in [2.24, 2.45) is 0 Å². The van der Waals surface area contributed by atoms with Gasteiger partial charge in [-0.15, -0.1) is 0 Å². The zero-order chi connectivity index (χ0) is 27.0. The van der Waals surface area contributed by atoms with Gasteiger partial charge in [0.05, 0.1) is 25.4 Å². The number of rotatable bonds is 2. The molecule has 2 N–H and O–H groups in total. The third-order valence-electron chi connectivity index (χ3n) is 5.75. The van der Waals surface area contributed by atoms with Gasteiger partial charge in [-0.3, -0.25) is 4.90 Å². The molecule has 1 unspecified atom stereocenters. The molecule has 1 spiro atoms. The molecule has 4 rings (SSSR count). The van der Waals surface area contributed by atoms with Gasteiger partial charge < -0.3 is 24.6 Å². The average molecular weight is 532 g/mol. The van der Waals surface area contributed by atoms with Crippen LogP contribution in [0.5, 0.6) is 0 Å². The van der Waals surface area contributed by atoms with Crippen LogP contribution in [0.2, 0.25) is 0 Å². The summed E-state index contributed by atoms with van der Waals surface area (Å²) in [4.78, 5) is 31.3. The molecule has 3 aliphatic rings. The first-order valence-electron chi connectivity index (χ1n) is 10.8. The number of halogens is 6. The number of carboxylic acids is 2. The van der Waals surface area contributed by atoms with Gasteiger partial charge in [0.2, 0.25) is 5.95 Å². The number of ether oxygens (including phenoxy) is 2. The molecular formula is C20H26F6N4O6. The molecule has 0 bridgehead atoms. The highest BCUT2D eigenvalue weighted by Gasteiger charge is 2.45. The van der Waals surface area contributed by atoms with Crippen LogP contribution < -0.4 is 4.90 Å². The summed E-state index contributed by atoms with van der Waals surface area (Å²) in [5.74, 6) is -4.67. The van der Waals surface area contributed by atoms with Crippen molar-refractivity contribution < 1.29 is 55.6 Å². The van der Waals surface area contributed by atoms with Crippen LogP contribution in [0.15, 0.2) is 18.5 Å². The number of morpholine rings is 1. The Morgan fingerprint density at radius 3 is 1.83 bits per heavy atom. The molecule has 4 heterocycles. The lowest BCUT2D eigenvalue weighted by Crippen LogP contribution is -2.47. The van der Waals surface area contributed by atoms with Gasteiger partial charge in [-0.1, -0.05) is 0 Å². The van der Waals surface area contributed by atoms with Gasteiger partial charge in [-0.05, 0) is 25.3 Å². The molecule has 10 nitrogen and oxygen atoms in total. The molecule has 0 amide bonds. The van der Waals surface area contributed by atoms with Gasteiger partial charge in [0.25, 0.3) is 0 Å². The molecule has 3 fully saturated rings. The maximum Gasteiger partial charge on any atom is 0.490 e. The molecule has 16 heteroatoms. The van der Waals surface area contributed by atoms with E-state index in [1.54, 1.807) is 0 Å². The highest BCUT2D eigenvalue weighted by Crippen LogP contribution is 2.38. The summed E-state index contributed by atoms with van der Waals surface area (Å²) >= 11 is 0. The lowest BCUT2D eigenvalue weighted by atomic mass is 9.87. The van der Waals surface area contributed by atoms with E-state index in [0.717, 1.165) is 71.2 Å². The highest BCUT2D eigenvalue weighted by molar-refractivity contribution is 5.73. The zero-order valence-corrected chi connectivity index (χ0v) is 19.0. The number of anilines is 1. The van der Waals surface area contributed by atoms with Crippen LogP contribution >= 0.6 is 0 Å². The fourth-order valence-corrected chi connectivity index (χ4v) is 3.91. The summed E-state index contributed by atoms with van der Waals surface area (Å²) in [6.07, 6.45) is -3.23. The quantitative estimate of drug-likeness (QED) is 0.548. The number of nitrogens with zero attached hydrogens (tertiary/aromatic N) is 4. The Balaban J connectivity index is 0.000000271. The minimum Gasteiger partial charge on any atom is -0.475 e. The van der Waals surface area contributed by atoms with E-state index < -0.39 is 24.3 Å². The SMILES string of the molecule is O=C(O)C(F)(F)F.O=C(O)C(F)(F)F.c1cnc(N2CCC3(CC2)CC(N2CCOCC2)CO3)nc1. The van der Waals surface area contributed by atoms with Gasteiger partial charge in [0.15, 0.2) is 0 Å². The summed E-state index contributed by atoms with van der Waals surface area (Å²) in [5, 5.41) is 14.2. The van der Waals surface area contributed by atoms with Gasteiger partial charge in [-0.2, -0.15) is 26.3 Å². The van der Waals surface area contributed by atoms with Crippen molar-refractivity contribution in [2.45, 2.75) is 43.3 Å². The normalized spacial score (nSPS) is 22.2. The van der Waals surface area contributed by atoms with E-state index in [1.807, 2.05) is 18.5 Å². The molecule has 0 radical (unpaired) electrons. The zero-order valence-electron chi connectivity index (χ0n) is 19.0. The Bertz CT molecular complexity index is 819. The van der Waals surface area contributed by atoms with Gasteiger partial charge >= 0.3 is 24.3 Å². The standard InChI is InChI=1S/C16H24N4O2.2C2HF3O2/c1-4-17-15(18-5-1)20-6-2-16(3-7-20)12-14(13-22-16)19-8-10-21-11-9-19;2*3-2(4,5)1(6)7/h1,4-5,14H,2-3,6-13H2;2*(H,6,7). The third-order valence-corrected chi connectivity index (χ3v) is 5.75. The van der Waals surface area contributed by atoms with Gasteiger partial charge in [0.1, 0.15) is 0 Å².